The molecule has 0 aliphatic carbocycles. The maximum Gasteiger partial charge on any atom is 0.333 e. The Kier molecular flexibility index (Phi) is 5.61. The molecule has 1 heterocycles. The third kappa shape index (κ3) is 4.49. The lowest BCUT2D eigenvalue weighted by Crippen LogP contribution is -2.23. The van der Waals surface area contributed by atoms with Crippen molar-refractivity contribution in [2.24, 2.45) is 10.9 Å². The van der Waals surface area contributed by atoms with Gasteiger partial charge in [-0.3, -0.25) is 9.79 Å². The fourth-order valence-electron chi connectivity index (χ4n) is 2.30. The molecule has 118 valence electrons. The molecule has 2 rings (SSSR count). The Morgan fingerprint density at radius 1 is 1.30 bits per heavy atom. The van der Waals surface area contributed by atoms with Crippen LogP contribution >= 0.6 is 0 Å². The highest BCUT2D eigenvalue weighted by Crippen LogP contribution is 2.25. The lowest BCUT2D eigenvalue weighted by atomic mass is 9.94. The number of nitrogens with zero attached hydrogens (tertiary/aromatic N) is 1. The van der Waals surface area contributed by atoms with Crippen LogP contribution in [0.3, 0.4) is 0 Å². The van der Waals surface area contributed by atoms with Crippen LogP contribution in [0.15, 0.2) is 52.9 Å². The van der Waals surface area contributed by atoms with Gasteiger partial charge in [0, 0.05) is 6.21 Å². The number of hydrogen-bond donors (Lipinski definition) is 1. The number of carbonyl (C=O) groups excluding carboxylic acids is 2. The average molecular weight is 313 g/mol. The Morgan fingerprint density at radius 2 is 2.04 bits per heavy atom. The van der Waals surface area contributed by atoms with Crippen molar-refractivity contribution in [3.63, 3.8) is 0 Å². The number of ether oxygens (including phenoxy) is 1. The number of benzene rings is 1. The Labute approximate surface area is 132 Å². The van der Waals surface area contributed by atoms with Gasteiger partial charge in [0.25, 0.3) is 0 Å². The molecule has 0 bridgehead atoms. The van der Waals surface area contributed by atoms with Crippen LogP contribution in [0.1, 0.15) is 18.4 Å². The van der Waals surface area contributed by atoms with E-state index in [1.54, 1.807) is 0 Å². The number of carbonyl (C=O) groups is 2. The molecule has 0 amide bonds. The summed E-state index contributed by atoms with van der Waals surface area (Å²) in [6.45, 7) is 0. The topological polar surface area (TPSA) is 93.0 Å². The van der Waals surface area contributed by atoms with E-state index in [1.165, 1.54) is 12.2 Å². The molecule has 1 aliphatic rings. The molecule has 1 aromatic carbocycles. The van der Waals surface area contributed by atoms with Gasteiger partial charge in [0.2, 0.25) is 0 Å². The van der Waals surface area contributed by atoms with E-state index < -0.39 is 17.9 Å². The minimum atomic E-state index is -1.10. The number of aryl methyl sites for hydroxylation is 1. The van der Waals surface area contributed by atoms with Crippen LogP contribution < -0.4 is 0 Å². The van der Waals surface area contributed by atoms with Crippen molar-refractivity contribution in [1.29, 1.82) is 0 Å². The largest absolute Gasteiger partial charge is 0.478 e. The minimum Gasteiger partial charge on any atom is -0.478 e. The van der Waals surface area contributed by atoms with E-state index in [9.17, 15) is 19.5 Å². The van der Waals surface area contributed by atoms with E-state index in [-0.39, 0.29) is 12.0 Å². The Bertz CT molecular complexity index is 699. The summed E-state index contributed by atoms with van der Waals surface area (Å²) in [5, 5.41) is 9.33. The van der Waals surface area contributed by atoms with Crippen LogP contribution in [-0.2, 0) is 25.5 Å². The van der Waals surface area contributed by atoms with Crippen molar-refractivity contribution >= 4 is 24.1 Å². The minimum absolute atomic E-state index is 0.00547. The maximum absolute atomic E-state index is 11.7. The van der Waals surface area contributed by atoms with Crippen molar-refractivity contribution in [2.45, 2.75) is 19.3 Å². The Balaban J connectivity index is 2.08. The zero-order valence-electron chi connectivity index (χ0n) is 12.3. The summed E-state index contributed by atoms with van der Waals surface area (Å²) in [6.07, 6.45) is 3.10. The zero-order chi connectivity index (χ0) is 16.7. The van der Waals surface area contributed by atoms with E-state index in [0.29, 0.717) is 24.8 Å². The van der Waals surface area contributed by atoms with Crippen LogP contribution in [0.2, 0.25) is 0 Å². The molecular weight excluding hydrogens is 298 g/mol. The highest BCUT2D eigenvalue weighted by molar-refractivity contribution is 5.96. The van der Waals surface area contributed by atoms with Gasteiger partial charge < -0.3 is 9.84 Å². The molecule has 1 aliphatic heterocycles. The fourth-order valence-corrected chi connectivity index (χ4v) is 2.30. The highest BCUT2D eigenvalue weighted by Gasteiger charge is 2.28. The number of aliphatic imine (C=N–C) groups is 1. The van der Waals surface area contributed by atoms with Crippen LogP contribution in [0.4, 0.5) is 0 Å². The summed E-state index contributed by atoms with van der Waals surface area (Å²) in [5.74, 6) is -1.31. The molecule has 1 atom stereocenters. The molecule has 0 spiro atoms. The van der Waals surface area contributed by atoms with Gasteiger partial charge in [-0.1, -0.05) is 30.3 Å². The number of rotatable bonds is 6. The Morgan fingerprint density at radius 3 is 2.70 bits per heavy atom. The normalized spacial score (nSPS) is 16.6. The molecule has 1 N–H and O–H groups in total. The van der Waals surface area contributed by atoms with E-state index in [2.05, 4.69) is 9.73 Å². The van der Waals surface area contributed by atoms with E-state index >= 15 is 0 Å². The van der Waals surface area contributed by atoms with Crippen LogP contribution in [0.5, 0.6) is 0 Å². The van der Waals surface area contributed by atoms with Crippen LogP contribution in [0.25, 0.3) is 0 Å². The van der Waals surface area contributed by atoms with Gasteiger partial charge in [-0.25, -0.2) is 9.59 Å². The van der Waals surface area contributed by atoms with E-state index in [1.807, 2.05) is 30.3 Å². The summed E-state index contributed by atoms with van der Waals surface area (Å²) < 4.78 is 4.53. The summed E-state index contributed by atoms with van der Waals surface area (Å²) >= 11 is 0. The van der Waals surface area contributed by atoms with Gasteiger partial charge in [-0.05, 0) is 24.8 Å². The Hall–Kier alpha value is -2.98. The predicted octanol–water partition coefficient (Wildman–Crippen LogP) is 1.94. The van der Waals surface area contributed by atoms with Gasteiger partial charge in [0.15, 0.2) is 12.2 Å². The smallest absolute Gasteiger partial charge is 0.333 e. The molecule has 23 heavy (non-hydrogen) atoms. The number of hydrogen-bond acceptors (Lipinski definition) is 5. The quantitative estimate of drug-likeness (QED) is 0.492. The molecule has 0 saturated heterocycles. The first-order valence-corrected chi connectivity index (χ1v) is 7.05. The second-order valence-electron chi connectivity index (χ2n) is 4.98. The monoisotopic (exact) mass is 313 g/mol. The van der Waals surface area contributed by atoms with Crippen LogP contribution in [-0.4, -0.2) is 29.2 Å². The molecule has 0 aromatic heterocycles. The fraction of sp³-hybridized carbons (Fsp3) is 0.235. The van der Waals surface area contributed by atoms with E-state index in [0.717, 1.165) is 5.56 Å². The average Bonchev–Trinajstić information content (AvgIpc) is 2.58. The van der Waals surface area contributed by atoms with Crippen LogP contribution in [0, 0.1) is 5.92 Å². The molecule has 1 aromatic rings. The highest BCUT2D eigenvalue weighted by atomic mass is 16.5. The summed E-state index contributed by atoms with van der Waals surface area (Å²) in [7, 11) is 0. The third-order valence-electron chi connectivity index (χ3n) is 3.46. The first-order valence-electron chi connectivity index (χ1n) is 7.05. The van der Waals surface area contributed by atoms with E-state index in [4.69, 9.17) is 0 Å². The number of esters is 1. The lowest BCUT2D eigenvalue weighted by Gasteiger charge is -2.17. The van der Waals surface area contributed by atoms with Gasteiger partial charge in [0.05, 0.1) is 17.2 Å². The van der Waals surface area contributed by atoms with Crippen molar-refractivity contribution in [3.8, 4) is 0 Å². The molecule has 0 radical (unpaired) electrons. The molecular formula is C17H15NO5. The first kappa shape index (κ1) is 16.4. The van der Waals surface area contributed by atoms with Crippen molar-refractivity contribution in [3.05, 3.63) is 53.4 Å². The molecule has 6 nitrogen and oxygen atoms in total. The number of allylic oxidation sites excluding steroid dienone is 1. The molecule has 6 heteroatoms. The standard InChI is InChI=1S/C17H15NO5/c19-8-9-23-17(22)13-10-14(16(20)21)15(18-11-13)7-6-12-4-2-1-3-5-12/h1-5,9,11,13H,6-7,10H2,(H,20,21). The predicted molar refractivity (Wildman–Crippen MR) is 82.4 cm³/mol. The van der Waals surface area contributed by atoms with Gasteiger partial charge in [-0.15, -0.1) is 0 Å². The summed E-state index contributed by atoms with van der Waals surface area (Å²) in [4.78, 5) is 37.2. The summed E-state index contributed by atoms with van der Waals surface area (Å²) in [5.41, 5.74) is 1.63. The van der Waals surface area contributed by atoms with Gasteiger partial charge in [0.1, 0.15) is 0 Å². The van der Waals surface area contributed by atoms with Crippen molar-refractivity contribution in [1.82, 2.24) is 0 Å². The van der Waals surface area contributed by atoms with Crippen molar-refractivity contribution < 1.29 is 24.2 Å². The zero-order valence-corrected chi connectivity index (χ0v) is 12.3. The number of aliphatic carboxylic acids is 1. The lowest BCUT2D eigenvalue weighted by molar-refractivity contribution is -0.140. The second kappa shape index (κ2) is 7.87. The van der Waals surface area contributed by atoms with Gasteiger partial charge in [-0.2, -0.15) is 0 Å². The molecule has 1 unspecified atom stereocenters. The van der Waals surface area contributed by atoms with Crippen molar-refractivity contribution in [2.75, 3.05) is 0 Å². The molecule has 0 saturated carbocycles. The first-order chi connectivity index (χ1) is 11.1. The SMILES string of the molecule is O=C=COC(=O)C1C=NC(CCc2ccccc2)=C(C(=O)O)C1. The molecule has 0 fully saturated rings. The maximum atomic E-state index is 11.7. The summed E-state index contributed by atoms with van der Waals surface area (Å²) in [6, 6.07) is 9.66. The number of carboxylic acids is 1. The third-order valence-corrected chi connectivity index (χ3v) is 3.46. The second-order valence-corrected chi connectivity index (χ2v) is 4.98. The number of carboxylic acid groups (broad SMARTS) is 1. The van der Waals surface area contributed by atoms with Gasteiger partial charge >= 0.3 is 11.9 Å².